The van der Waals surface area contributed by atoms with Crippen molar-refractivity contribution in [3.05, 3.63) is 16.3 Å². The standard InChI is InChI=1S/C18H27N5O2S/c1-12-14-16(23-9-7-22(3)8-10-23)20-13(2)21-18(14)26-15(12)17(24)19-6-5-11-25-4/h5-11H2,1-4H3,(H,19,24). The summed E-state index contributed by atoms with van der Waals surface area (Å²) in [6.45, 7) is 9.08. The summed E-state index contributed by atoms with van der Waals surface area (Å²) in [5, 5.41) is 4.00. The van der Waals surface area contributed by atoms with E-state index in [1.807, 2.05) is 13.8 Å². The molecule has 1 amide bonds. The molecule has 8 heteroatoms. The molecule has 1 aliphatic rings. The molecule has 0 saturated carbocycles. The summed E-state index contributed by atoms with van der Waals surface area (Å²) in [4.78, 5) is 28.2. The normalized spacial score (nSPS) is 15.6. The number of carbonyl (C=O) groups excluding carboxylic acids is 1. The molecule has 0 radical (unpaired) electrons. The van der Waals surface area contributed by atoms with E-state index in [1.165, 1.54) is 11.3 Å². The number of likely N-dealkylation sites (N-methyl/N-ethyl adjacent to an activating group) is 1. The largest absolute Gasteiger partial charge is 0.385 e. The van der Waals surface area contributed by atoms with Gasteiger partial charge in [0.2, 0.25) is 0 Å². The van der Waals surface area contributed by atoms with Gasteiger partial charge in [0.15, 0.2) is 0 Å². The second-order valence-electron chi connectivity index (χ2n) is 6.72. The predicted molar refractivity (Wildman–Crippen MR) is 105 cm³/mol. The Kier molecular flexibility index (Phi) is 6.05. The second kappa shape index (κ2) is 8.28. The van der Waals surface area contributed by atoms with E-state index in [4.69, 9.17) is 9.72 Å². The molecule has 7 nitrogen and oxygen atoms in total. The molecule has 3 rings (SSSR count). The zero-order valence-electron chi connectivity index (χ0n) is 16.0. The van der Waals surface area contributed by atoms with Crippen LogP contribution < -0.4 is 10.2 Å². The molecule has 0 bridgehead atoms. The van der Waals surface area contributed by atoms with Crippen LogP contribution in [0.3, 0.4) is 0 Å². The first-order valence-corrected chi connectivity index (χ1v) is 9.81. The number of hydrogen-bond donors (Lipinski definition) is 1. The number of methoxy groups -OCH3 is 1. The average molecular weight is 378 g/mol. The highest BCUT2D eigenvalue weighted by Gasteiger charge is 2.24. The fourth-order valence-electron chi connectivity index (χ4n) is 3.18. The van der Waals surface area contributed by atoms with Crippen molar-refractivity contribution in [1.82, 2.24) is 20.2 Å². The molecule has 0 aromatic carbocycles. The van der Waals surface area contributed by atoms with Crippen LogP contribution in [0.4, 0.5) is 5.82 Å². The third-order valence-electron chi connectivity index (χ3n) is 4.70. The van der Waals surface area contributed by atoms with Gasteiger partial charge >= 0.3 is 0 Å². The van der Waals surface area contributed by atoms with Gasteiger partial charge in [-0.05, 0) is 32.9 Å². The van der Waals surface area contributed by atoms with Gasteiger partial charge in [0.05, 0.1) is 10.3 Å². The van der Waals surface area contributed by atoms with Crippen LogP contribution in [0.2, 0.25) is 0 Å². The summed E-state index contributed by atoms with van der Waals surface area (Å²) >= 11 is 1.46. The van der Waals surface area contributed by atoms with E-state index in [-0.39, 0.29) is 5.91 Å². The molecule has 3 heterocycles. The Bertz CT molecular complexity index is 783. The molecule has 0 spiro atoms. The SMILES string of the molecule is COCCCNC(=O)c1sc2nc(C)nc(N3CCN(C)CC3)c2c1C. The number of hydrogen-bond acceptors (Lipinski definition) is 7. The molecule has 0 unspecified atom stereocenters. The number of carbonyl (C=O) groups is 1. The zero-order chi connectivity index (χ0) is 18.7. The molecule has 1 aliphatic heterocycles. The number of nitrogens with zero attached hydrogens (tertiary/aromatic N) is 4. The van der Waals surface area contributed by atoms with Crippen molar-refractivity contribution in [2.45, 2.75) is 20.3 Å². The number of aryl methyl sites for hydroxylation is 2. The third kappa shape index (κ3) is 3.97. The Hall–Kier alpha value is -1.77. The van der Waals surface area contributed by atoms with Gasteiger partial charge in [0, 0.05) is 46.4 Å². The van der Waals surface area contributed by atoms with E-state index in [2.05, 4.69) is 27.1 Å². The Morgan fingerprint density at radius 3 is 2.65 bits per heavy atom. The predicted octanol–water partition coefficient (Wildman–Crippen LogP) is 1.83. The summed E-state index contributed by atoms with van der Waals surface area (Å²) in [6.07, 6.45) is 0.803. The first-order chi connectivity index (χ1) is 12.5. The lowest BCUT2D eigenvalue weighted by atomic mass is 10.1. The highest BCUT2D eigenvalue weighted by atomic mass is 32.1. The molecule has 2 aromatic rings. The van der Waals surface area contributed by atoms with Crippen LogP contribution in [0.1, 0.15) is 27.5 Å². The minimum Gasteiger partial charge on any atom is -0.385 e. The smallest absolute Gasteiger partial charge is 0.261 e. The highest BCUT2D eigenvalue weighted by molar-refractivity contribution is 7.20. The van der Waals surface area contributed by atoms with Gasteiger partial charge in [-0.2, -0.15) is 0 Å². The molecule has 26 heavy (non-hydrogen) atoms. The van der Waals surface area contributed by atoms with Crippen molar-refractivity contribution in [3.63, 3.8) is 0 Å². The maximum absolute atomic E-state index is 12.6. The van der Waals surface area contributed by atoms with E-state index in [9.17, 15) is 4.79 Å². The van der Waals surface area contributed by atoms with Crippen LogP contribution in [0.15, 0.2) is 0 Å². The topological polar surface area (TPSA) is 70.6 Å². The van der Waals surface area contributed by atoms with Crippen molar-refractivity contribution >= 4 is 33.3 Å². The van der Waals surface area contributed by atoms with Crippen LogP contribution in [-0.4, -0.2) is 74.3 Å². The molecule has 1 N–H and O–H groups in total. The van der Waals surface area contributed by atoms with E-state index in [1.54, 1.807) is 7.11 Å². The average Bonchev–Trinajstić information content (AvgIpc) is 2.95. The van der Waals surface area contributed by atoms with Crippen LogP contribution in [-0.2, 0) is 4.74 Å². The van der Waals surface area contributed by atoms with E-state index < -0.39 is 0 Å². The van der Waals surface area contributed by atoms with Crippen LogP contribution >= 0.6 is 11.3 Å². The summed E-state index contributed by atoms with van der Waals surface area (Å²) in [5.74, 6) is 1.68. The van der Waals surface area contributed by atoms with Gasteiger partial charge in [-0.25, -0.2) is 9.97 Å². The zero-order valence-corrected chi connectivity index (χ0v) is 16.8. The van der Waals surface area contributed by atoms with Gasteiger partial charge in [-0.15, -0.1) is 11.3 Å². The molecule has 0 atom stereocenters. The minimum atomic E-state index is -0.0383. The summed E-state index contributed by atoms with van der Waals surface area (Å²) in [6, 6.07) is 0. The van der Waals surface area contributed by atoms with E-state index in [0.29, 0.717) is 13.2 Å². The van der Waals surface area contributed by atoms with E-state index in [0.717, 1.165) is 64.9 Å². The van der Waals surface area contributed by atoms with Crippen molar-refractivity contribution < 1.29 is 9.53 Å². The number of ether oxygens (including phenoxy) is 1. The molecular weight excluding hydrogens is 350 g/mol. The molecular formula is C18H27N5O2S. The fourth-order valence-corrected chi connectivity index (χ4v) is 4.32. The minimum absolute atomic E-state index is 0.0383. The number of fused-ring (bicyclic) bond motifs is 1. The quantitative estimate of drug-likeness (QED) is 0.775. The Balaban J connectivity index is 1.90. The van der Waals surface area contributed by atoms with Gasteiger partial charge in [0.25, 0.3) is 5.91 Å². The van der Waals surface area contributed by atoms with Gasteiger partial charge in [-0.1, -0.05) is 0 Å². The number of anilines is 1. The lowest BCUT2D eigenvalue weighted by Crippen LogP contribution is -2.45. The Morgan fingerprint density at radius 2 is 1.96 bits per heavy atom. The Morgan fingerprint density at radius 1 is 1.23 bits per heavy atom. The van der Waals surface area contributed by atoms with E-state index >= 15 is 0 Å². The summed E-state index contributed by atoms with van der Waals surface area (Å²) in [7, 11) is 3.80. The van der Waals surface area contributed by atoms with Gasteiger partial charge < -0.3 is 19.9 Å². The van der Waals surface area contributed by atoms with Crippen molar-refractivity contribution in [2.75, 3.05) is 58.4 Å². The molecule has 1 fully saturated rings. The number of rotatable bonds is 6. The Labute approximate surface area is 158 Å². The number of amides is 1. The monoisotopic (exact) mass is 377 g/mol. The molecule has 142 valence electrons. The number of aromatic nitrogens is 2. The maximum atomic E-state index is 12.6. The van der Waals surface area contributed by atoms with Crippen LogP contribution in [0.5, 0.6) is 0 Å². The summed E-state index contributed by atoms with van der Waals surface area (Å²) in [5.41, 5.74) is 0.975. The highest BCUT2D eigenvalue weighted by Crippen LogP contribution is 2.35. The first-order valence-electron chi connectivity index (χ1n) is 8.99. The lowest BCUT2D eigenvalue weighted by Gasteiger charge is -2.33. The maximum Gasteiger partial charge on any atom is 0.261 e. The second-order valence-corrected chi connectivity index (χ2v) is 7.72. The van der Waals surface area contributed by atoms with Crippen molar-refractivity contribution in [3.8, 4) is 0 Å². The molecule has 0 aliphatic carbocycles. The van der Waals surface area contributed by atoms with Crippen LogP contribution in [0, 0.1) is 13.8 Å². The molecule has 2 aromatic heterocycles. The first kappa shape index (κ1) is 19.0. The summed E-state index contributed by atoms with van der Waals surface area (Å²) < 4.78 is 5.03. The lowest BCUT2D eigenvalue weighted by molar-refractivity contribution is 0.0952. The van der Waals surface area contributed by atoms with Gasteiger partial charge in [0.1, 0.15) is 16.5 Å². The number of thiophene rings is 1. The van der Waals surface area contributed by atoms with Crippen molar-refractivity contribution in [1.29, 1.82) is 0 Å². The number of piperazine rings is 1. The molecule has 1 saturated heterocycles. The van der Waals surface area contributed by atoms with Crippen molar-refractivity contribution in [2.24, 2.45) is 0 Å². The third-order valence-corrected chi connectivity index (χ3v) is 5.89. The van der Waals surface area contributed by atoms with Gasteiger partial charge in [-0.3, -0.25) is 4.79 Å². The van der Waals surface area contributed by atoms with Crippen LogP contribution in [0.25, 0.3) is 10.2 Å². The fraction of sp³-hybridized carbons (Fsp3) is 0.611. The number of nitrogens with one attached hydrogen (secondary N) is 1.